The molecule has 3 rings (SSSR count). The maximum absolute atomic E-state index is 12.6. The molecule has 2 aliphatic carbocycles. The predicted molar refractivity (Wildman–Crippen MR) is 88.1 cm³/mol. The van der Waals surface area contributed by atoms with Gasteiger partial charge in [-0.15, -0.1) is 11.3 Å². The minimum atomic E-state index is -0.896. The molecule has 1 N–H and O–H groups in total. The third kappa shape index (κ3) is 3.52. The van der Waals surface area contributed by atoms with Crippen LogP contribution < -0.4 is 0 Å². The first-order chi connectivity index (χ1) is 10.8. The Kier molecular flexibility index (Phi) is 4.12. The normalized spacial score (nSPS) is 24.0. The van der Waals surface area contributed by atoms with E-state index >= 15 is 0 Å². The lowest BCUT2D eigenvalue weighted by Gasteiger charge is -2.38. The largest absolute Gasteiger partial charge is 0.478 e. The highest BCUT2D eigenvalue weighted by Crippen LogP contribution is 2.49. The molecule has 2 saturated carbocycles. The fourth-order valence-electron chi connectivity index (χ4n) is 2.99. The highest BCUT2D eigenvalue weighted by molar-refractivity contribution is 7.10. The van der Waals surface area contributed by atoms with Crippen molar-refractivity contribution in [3.63, 3.8) is 0 Å². The van der Waals surface area contributed by atoms with E-state index in [4.69, 9.17) is 9.84 Å². The molecule has 0 radical (unpaired) electrons. The zero-order chi connectivity index (χ0) is 16.8. The van der Waals surface area contributed by atoms with Crippen LogP contribution in [-0.2, 0) is 4.74 Å². The fourth-order valence-corrected chi connectivity index (χ4v) is 4.04. The zero-order valence-electron chi connectivity index (χ0n) is 13.7. The summed E-state index contributed by atoms with van der Waals surface area (Å²) >= 11 is 1.47. The molecule has 1 amide bonds. The Labute approximate surface area is 140 Å². The lowest BCUT2D eigenvalue weighted by Crippen LogP contribution is -2.48. The molecular weight excluding hydrogens is 314 g/mol. The molecule has 1 aromatic heterocycles. The lowest BCUT2D eigenvalue weighted by molar-refractivity contribution is 0.00409. The highest BCUT2D eigenvalue weighted by Gasteiger charge is 2.50. The van der Waals surface area contributed by atoms with Crippen molar-refractivity contribution < 1.29 is 19.4 Å². The first kappa shape index (κ1) is 16.3. The van der Waals surface area contributed by atoms with Crippen LogP contribution in [0.25, 0.3) is 0 Å². The van der Waals surface area contributed by atoms with E-state index in [-0.39, 0.29) is 24.1 Å². The molecule has 0 saturated heterocycles. The molecular formula is C17H23NO4S. The number of aromatic carboxylic acids is 1. The highest BCUT2D eigenvalue weighted by atomic mass is 32.1. The molecule has 5 nitrogen and oxygen atoms in total. The van der Waals surface area contributed by atoms with E-state index in [0.29, 0.717) is 5.56 Å². The van der Waals surface area contributed by atoms with Crippen molar-refractivity contribution in [3.8, 4) is 0 Å². The van der Waals surface area contributed by atoms with Gasteiger partial charge in [0.05, 0.1) is 5.56 Å². The first-order valence-electron chi connectivity index (χ1n) is 8.09. The van der Waals surface area contributed by atoms with Crippen LogP contribution in [0.15, 0.2) is 11.4 Å². The molecule has 6 heteroatoms. The quantitative estimate of drug-likeness (QED) is 0.898. The van der Waals surface area contributed by atoms with Gasteiger partial charge in [-0.1, -0.05) is 0 Å². The standard InChI is InChI=1S/C17H23NO4S/c1-17(2,3)22-16(21)18(11-5-4-6-11)13-8-12(13)14-7-10(9-23-14)15(19)20/h7,9,11-13H,4-6,8H2,1-3H3,(H,19,20)/t12-,13-/m1/s1. The van der Waals surface area contributed by atoms with E-state index in [1.165, 1.54) is 11.3 Å². The van der Waals surface area contributed by atoms with Crippen molar-refractivity contribution in [3.05, 3.63) is 21.9 Å². The molecule has 2 fully saturated rings. The van der Waals surface area contributed by atoms with E-state index in [1.807, 2.05) is 25.7 Å². The van der Waals surface area contributed by atoms with E-state index in [2.05, 4.69) is 0 Å². The van der Waals surface area contributed by atoms with Crippen molar-refractivity contribution in [2.45, 2.75) is 70.1 Å². The van der Waals surface area contributed by atoms with Crippen LogP contribution in [0.1, 0.15) is 67.6 Å². The second-order valence-corrected chi connectivity index (χ2v) is 8.37. The molecule has 0 spiro atoms. The smallest absolute Gasteiger partial charge is 0.410 e. The number of amides is 1. The SMILES string of the molecule is CC(C)(C)OC(=O)N(C1CCC1)[C@@H]1C[C@H]1c1cc(C(=O)O)cs1. The minimum Gasteiger partial charge on any atom is -0.478 e. The van der Waals surface area contributed by atoms with Gasteiger partial charge in [0.25, 0.3) is 0 Å². The Hall–Kier alpha value is -1.56. The van der Waals surface area contributed by atoms with Crippen LogP contribution in [0.5, 0.6) is 0 Å². The molecule has 0 bridgehead atoms. The summed E-state index contributed by atoms with van der Waals surface area (Å²) in [5.41, 5.74) is -0.161. The van der Waals surface area contributed by atoms with Crippen molar-refractivity contribution in [2.75, 3.05) is 0 Å². The van der Waals surface area contributed by atoms with Crippen molar-refractivity contribution in [1.82, 2.24) is 4.90 Å². The van der Waals surface area contributed by atoms with Gasteiger partial charge < -0.3 is 14.7 Å². The average Bonchev–Trinajstić information content (AvgIpc) is 2.97. The van der Waals surface area contributed by atoms with E-state index < -0.39 is 11.6 Å². The molecule has 2 atom stereocenters. The summed E-state index contributed by atoms with van der Waals surface area (Å²) in [4.78, 5) is 26.6. The number of nitrogens with zero attached hydrogens (tertiary/aromatic N) is 1. The van der Waals surface area contributed by atoms with Gasteiger partial charge in [-0.25, -0.2) is 9.59 Å². The third-order valence-corrected chi connectivity index (χ3v) is 5.48. The first-order valence-corrected chi connectivity index (χ1v) is 8.97. The van der Waals surface area contributed by atoms with Gasteiger partial charge in [-0.2, -0.15) is 0 Å². The van der Waals surface area contributed by atoms with Crippen LogP contribution in [0.2, 0.25) is 0 Å². The van der Waals surface area contributed by atoms with Crippen molar-refractivity contribution >= 4 is 23.4 Å². The van der Waals surface area contributed by atoms with E-state index in [0.717, 1.165) is 30.6 Å². The molecule has 0 unspecified atom stereocenters. The average molecular weight is 337 g/mol. The molecule has 0 aliphatic heterocycles. The van der Waals surface area contributed by atoms with Gasteiger partial charge in [0.1, 0.15) is 5.60 Å². The van der Waals surface area contributed by atoms with E-state index in [9.17, 15) is 9.59 Å². The monoisotopic (exact) mass is 337 g/mol. The van der Waals surface area contributed by atoms with Crippen LogP contribution in [0, 0.1) is 0 Å². The summed E-state index contributed by atoms with van der Waals surface area (Å²) in [6.45, 7) is 5.64. The summed E-state index contributed by atoms with van der Waals surface area (Å²) in [5, 5.41) is 10.7. The van der Waals surface area contributed by atoms with Crippen LogP contribution >= 0.6 is 11.3 Å². The van der Waals surface area contributed by atoms with Gasteiger partial charge in [-0.05, 0) is 52.5 Å². The Balaban J connectivity index is 1.71. The second-order valence-electron chi connectivity index (χ2n) is 7.42. The zero-order valence-corrected chi connectivity index (χ0v) is 14.6. The third-order valence-electron chi connectivity index (χ3n) is 4.42. The fraction of sp³-hybridized carbons (Fsp3) is 0.647. The molecule has 126 valence electrons. The number of carboxylic acids is 1. The summed E-state index contributed by atoms with van der Waals surface area (Å²) in [6, 6.07) is 2.17. The topological polar surface area (TPSA) is 66.8 Å². The molecule has 1 aromatic rings. The number of thiophene rings is 1. The Bertz CT molecular complexity index is 614. The number of ether oxygens (including phenoxy) is 1. The van der Waals surface area contributed by atoms with Gasteiger partial charge in [0.2, 0.25) is 0 Å². The predicted octanol–water partition coefficient (Wildman–Crippen LogP) is 4.09. The Morgan fingerprint density at radius 1 is 1.35 bits per heavy atom. The maximum Gasteiger partial charge on any atom is 0.410 e. The number of carbonyl (C=O) groups excluding carboxylic acids is 1. The minimum absolute atomic E-state index is 0.149. The Morgan fingerprint density at radius 3 is 2.52 bits per heavy atom. The van der Waals surface area contributed by atoms with Gasteiger partial charge in [0, 0.05) is 28.3 Å². The van der Waals surface area contributed by atoms with Crippen LogP contribution in [-0.4, -0.2) is 39.8 Å². The molecule has 1 heterocycles. The summed E-state index contributed by atoms with van der Waals surface area (Å²) < 4.78 is 5.58. The summed E-state index contributed by atoms with van der Waals surface area (Å²) in [5.74, 6) is -0.645. The van der Waals surface area contributed by atoms with Crippen LogP contribution in [0.3, 0.4) is 0 Å². The summed E-state index contributed by atoms with van der Waals surface area (Å²) in [6.07, 6.45) is 3.89. The van der Waals surface area contributed by atoms with E-state index in [1.54, 1.807) is 11.4 Å². The lowest BCUT2D eigenvalue weighted by atomic mass is 9.91. The summed E-state index contributed by atoms with van der Waals surface area (Å²) in [7, 11) is 0. The van der Waals surface area contributed by atoms with Crippen LogP contribution in [0.4, 0.5) is 4.79 Å². The Morgan fingerprint density at radius 2 is 2.04 bits per heavy atom. The van der Waals surface area contributed by atoms with Gasteiger partial charge >= 0.3 is 12.1 Å². The van der Waals surface area contributed by atoms with Crippen molar-refractivity contribution in [2.24, 2.45) is 0 Å². The second kappa shape index (κ2) is 5.82. The number of hydrogen-bond acceptors (Lipinski definition) is 4. The number of carbonyl (C=O) groups is 2. The molecule has 2 aliphatic rings. The maximum atomic E-state index is 12.6. The van der Waals surface area contributed by atoms with Gasteiger partial charge in [-0.3, -0.25) is 0 Å². The number of carboxylic acid groups (broad SMARTS) is 1. The molecule has 23 heavy (non-hydrogen) atoms. The number of hydrogen-bond donors (Lipinski definition) is 1. The molecule has 0 aromatic carbocycles. The number of rotatable bonds is 4. The van der Waals surface area contributed by atoms with Gasteiger partial charge in [0.15, 0.2) is 0 Å². The van der Waals surface area contributed by atoms with Crippen molar-refractivity contribution in [1.29, 1.82) is 0 Å².